The Morgan fingerprint density at radius 2 is 1.64 bits per heavy atom. The van der Waals surface area contributed by atoms with Crippen LogP contribution in [-0.2, 0) is 0 Å². The van der Waals surface area contributed by atoms with Crippen LogP contribution in [0.15, 0.2) is 12.1 Å². The normalized spacial score (nSPS) is 11.5. The fourth-order valence-corrected chi connectivity index (χ4v) is 1.22. The molecule has 0 spiro atoms. The summed E-state index contributed by atoms with van der Waals surface area (Å²) in [7, 11) is 0. The predicted molar refractivity (Wildman–Crippen MR) is 58.0 cm³/mol. The molecule has 78 valence electrons. The van der Waals surface area contributed by atoms with Crippen LogP contribution >= 0.6 is 0 Å². The number of hydrogen-bond acceptors (Lipinski definition) is 2. The number of aromatic hydroxyl groups is 1. The first-order valence-corrected chi connectivity index (χ1v) is 4.79. The molecule has 0 unspecified atom stereocenters. The minimum absolute atomic E-state index is 0.200. The van der Waals surface area contributed by atoms with Crippen molar-refractivity contribution < 1.29 is 9.84 Å². The van der Waals surface area contributed by atoms with Crippen LogP contribution in [0.2, 0.25) is 0 Å². The van der Waals surface area contributed by atoms with E-state index in [0.29, 0.717) is 5.75 Å². The van der Waals surface area contributed by atoms with E-state index in [1.165, 1.54) is 0 Å². The second-order valence-corrected chi connectivity index (χ2v) is 4.55. The molecule has 0 fully saturated rings. The molecule has 0 heterocycles. The van der Waals surface area contributed by atoms with Gasteiger partial charge in [-0.25, -0.2) is 0 Å². The van der Waals surface area contributed by atoms with Gasteiger partial charge in [0.2, 0.25) is 0 Å². The van der Waals surface area contributed by atoms with Gasteiger partial charge in [-0.2, -0.15) is 0 Å². The number of hydrogen-bond donors (Lipinski definition) is 1. The van der Waals surface area contributed by atoms with E-state index in [0.717, 1.165) is 16.9 Å². The Kier molecular flexibility index (Phi) is 2.74. The molecule has 0 bridgehead atoms. The Bertz CT molecular complexity index is 335. The van der Waals surface area contributed by atoms with Crippen LogP contribution in [-0.4, -0.2) is 10.7 Å². The smallest absolute Gasteiger partial charge is 0.123 e. The van der Waals surface area contributed by atoms with E-state index >= 15 is 0 Å². The lowest BCUT2D eigenvalue weighted by atomic mass is 10.1. The maximum Gasteiger partial charge on any atom is 0.123 e. The van der Waals surface area contributed by atoms with Crippen molar-refractivity contribution in [1.29, 1.82) is 0 Å². The summed E-state index contributed by atoms with van der Waals surface area (Å²) in [4.78, 5) is 0. The third kappa shape index (κ3) is 2.41. The van der Waals surface area contributed by atoms with Gasteiger partial charge in [0.25, 0.3) is 0 Å². The van der Waals surface area contributed by atoms with Crippen LogP contribution in [0.25, 0.3) is 0 Å². The highest BCUT2D eigenvalue weighted by atomic mass is 16.5. The summed E-state index contributed by atoms with van der Waals surface area (Å²) in [5.41, 5.74) is 1.68. The van der Waals surface area contributed by atoms with Gasteiger partial charge in [0, 0.05) is 0 Å². The molecule has 1 rings (SSSR count). The number of phenols is 1. The first-order chi connectivity index (χ1) is 6.31. The fourth-order valence-electron chi connectivity index (χ4n) is 1.22. The highest BCUT2D eigenvalue weighted by Gasteiger charge is 2.14. The topological polar surface area (TPSA) is 29.5 Å². The van der Waals surface area contributed by atoms with Crippen LogP contribution in [0.3, 0.4) is 0 Å². The Morgan fingerprint density at radius 3 is 2.14 bits per heavy atom. The summed E-state index contributed by atoms with van der Waals surface area (Å²) < 4.78 is 5.76. The number of ether oxygens (including phenoxy) is 1. The molecule has 0 atom stereocenters. The molecule has 0 radical (unpaired) electrons. The zero-order valence-electron chi connectivity index (χ0n) is 9.51. The lowest BCUT2D eigenvalue weighted by Crippen LogP contribution is -2.23. The average molecular weight is 194 g/mol. The van der Waals surface area contributed by atoms with E-state index in [2.05, 4.69) is 0 Å². The summed E-state index contributed by atoms with van der Waals surface area (Å²) in [5.74, 6) is 1.16. The molecule has 1 aromatic rings. The molecule has 0 aliphatic heterocycles. The highest BCUT2D eigenvalue weighted by Crippen LogP contribution is 2.30. The SMILES string of the molecule is Cc1c(O)ccc(OC(C)(C)C)c1C. The van der Waals surface area contributed by atoms with Crippen molar-refractivity contribution in [2.45, 2.75) is 40.2 Å². The molecule has 0 amide bonds. The molecule has 0 aliphatic carbocycles. The van der Waals surface area contributed by atoms with E-state index in [4.69, 9.17) is 4.74 Å². The van der Waals surface area contributed by atoms with E-state index in [1.54, 1.807) is 6.07 Å². The fraction of sp³-hybridized carbons (Fsp3) is 0.500. The molecular weight excluding hydrogens is 176 g/mol. The van der Waals surface area contributed by atoms with E-state index in [-0.39, 0.29) is 5.60 Å². The van der Waals surface area contributed by atoms with Crippen molar-refractivity contribution in [3.8, 4) is 11.5 Å². The Morgan fingerprint density at radius 1 is 1.07 bits per heavy atom. The predicted octanol–water partition coefficient (Wildman–Crippen LogP) is 3.19. The summed E-state index contributed by atoms with van der Waals surface area (Å²) in [5, 5.41) is 9.47. The molecule has 2 nitrogen and oxygen atoms in total. The monoisotopic (exact) mass is 194 g/mol. The molecule has 0 saturated carbocycles. The summed E-state index contributed by atoms with van der Waals surface area (Å²) >= 11 is 0. The Balaban J connectivity index is 3.06. The lowest BCUT2D eigenvalue weighted by Gasteiger charge is -2.23. The van der Waals surface area contributed by atoms with Gasteiger partial charge in [-0.05, 0) is 57.9 Å². The van der Waals surface area contributed by atoms with Crippen LogP contribution < -0.4 is 4.74 Å². The van der Waals surface area contributed by atoms with Crippen molar-refractivity contribution in [2.75, 3.05) is 0 Å². The van der Waals surface area contributed by atoms with Crippen molar-refractivity contribution in [3.05, 3.63) is 23.3 Å². The largest absolute Gasteiger partial charge is 0.508 e. The molecule has 1 aromatic carbocycles. The number of phenolic OH excluding ortho intramolecular Hbond substituents is 1. The number of benzene rings is 1. The lowest BCUT2D eigenvalue weighted by molar-refractivity contribution is 0.129. The standard InChI is InChI=1S/C12H18O2/c1-8-9(2)11(7-6-10(8)13)14-12(3,4)5/h6-7,13H,1-5H3. The van der Waals surface area contributed by atoms with Gasteiger partial charge in [0.15, 0.2) is 0 Å². The van der Waals surface area contributed by atoms with Crippen molar-refractivity contribution in [2.24, 2.45) is 0 Å². The second kappa shape index (κ2) is 3.52. The minimum atomic E-state index is -0.200. The van der Waals surface area contributed by atoms with Gasteiger partial charge in [-0.3, -0.25) is 0 Å². The third-order valence-electron chi connectivity index (χ3n) is 2.13. The van der Waals surface area contributed by atoms with Crippen LogP contribution in [0.5, 0.6) is 11.5 Å². The van der Waals surface area contributed by atoms with Crippen molar-refractivity contribution in [3.63, 3.8) is 0 Å². The molecule has 14 heavy (non-hydrogen) atoms. The van der Waals surface area contributed by atoms with Crippen LogP contribution in [0.1, 0.15) is 31.9 Å². The average Bonchev–Trinajstić information content (AvgIpc) is 2.04. The Labute approximate surface area is 85.5 Å². The number of rotatable bonds is 1. The first-order valence-electron chi connectivity index (χ1n) is 4.79. The van der Waals surface area contributed by atoms with Crippen molar-refractivity contribution >= 4 is 0 Å². The van der Waals surface area contributed by atoms with E-state index in [1.807, 2.05) is 40.7 Å². The van der Waals surface area contributed by atoms with Gasteiger partial charge in [0.1, 0.15) is 17.1 Å². The molecular formula is C12H18O2. The Hall–Kier alpha value is -1.18. The van der Waals surface area contributed by atoms with Crippen LogP contribution in [0.4, 0.5) is 0 Å². The minimum Gasteiger partial charge on any atom is -0.508 e. The second-order valence-electron chi connectivity index (χ2n) is 4.55. The zero-order chi connectivity index (χ0) is 10.9. The quantitative estimate of drug-likeness (QED) is 0.744. The first kappa shape index (κ1) is 10.9. The van der Waals surface area contributed by atoms with Gasteiger partial charge in [-0.15, -0.1) is 0 Å². The van der Waals surface area contributed by atoms with E-state index < -0.39 is 0 Å². The highest BCUT2D eigenvalue weighted by molar-refractivity contribution is 5.46. The summed E-state index contributed by atoms with van der Waals surface area (Å²) in [6.45, 7) is 9.87. The van der Waals surface area contributed by atoms with Gasteiger partial charge >= 0.3 is 0 Å². The van der Waals surface area contributed by atoms with Gasteiger partial charge < -0.3 is 9.84 Å². The van der Waals surface area contributed by atoms with Gasteiger partial charge in [-0.1, -0.05) is 0 Å². The summed E-state index contributed by atoms with van der Waals surface area (Å²) in [6, 6.07) is 3.48. The molecule has 0 aliphatic rings. The summed E-state index contributed by atoms with van der Waals surface area (Å²) in [6.07, 6.45) is 0. The maximum atomic E-state index is 9.47. The van der Waals surface area contributed by atoms with E-state index in [9.17, 15) is 5.11 Å². The molecule has 2 heteroatoms. The molecule has 1 N–H and O–H groups in total. The molecule has 0 saturated heterocycles. The van der Waals surface area contributed by atoms with Crippen LogP contribution in [0, 0.1) is 13.8 Å². The zero-order valence-corrected chi connectivity index (χ0v) is 9.51. The van der Waals surface area contributed by atoms with Crippen molar-refractivity contribution in [1.82, 2.24) is 0 Å². The van der Waals surface area contributed by atoms with Gasteiger partial charge in [0.05, 0.1) is 0 Å². The third-order valence-corrected chi connectivity index (χ3v) is 2.13. The maximum absolute atomic E-state index is 9.47. The molecule has 0 aromatic heterocycles.